The fourth-order valence-corrected chi connectivity index (χ4v) is 3.62. The molecule has 1 atom stereocenters. The molecule has 0 aromatic heterocycles. The lowest BCUT2D eigenvalue weighted by molar-refractivity contribution is 0.310. The molecule has 1 fully saturated rings. The lowest BCUT2D eigenvalue weighted by Gasteiger charge is -2.30. The molecule has 1 nitrogen and oxygen atoms in total. The van der Waals surface area contributed by atoms with E-state index in [0.717, 1.165) is 12.5 Å². The third kappa shape index (κ3) is 3.84. The molecule has 1 heteroatoms. The van der Waals surface area contributed by atoms with Gasteiger partial charge in [-0.2, -0.15) is 0 Å². The average Bonchev–Trinajstić information content (AvgIpc) is 2.79. The van der Waals surface area contributed by atoms with Crippen LogP contribution in [-0.4, -0.2) is 12.6 Å². The zero-order chi connectivity index (χ0) is 11.9. The third-order valence-corrected chi connectivity index (χ3v) is 4.52. The Balaban J connectivity index is 1.96. The summed E-state index contributed by atoms with van der Waals surface area (Å²) in [6, 6.07) is 0.709. The van der Waals surface area contributed by atoms with Gasteiger partial charge in [-0.25, -0.2) is 0 Å². The molecule has 1 unspecified atom stereocenters. The van der Waals surface area contributed by atoms with Crippen LogP contribution >= 0.6 is 0 Å². The van der Waals surface area contributed by atoms with Crippen LogP contribution in [0.5, 0.6) is 0 Å². The van der Waals surface area contributed by atoms with Crippen molar-refractivity contribution >= 4 is 0 Å². The van der Waals surface area contributed by atoms with Gasteiger partial charge in [-0.3, -0.25) is 0 Å². The van der Waals surface area contributed by atoms with E-state index in [0.29, 0.717) is 6.04 Å². The smallest absolute Gasteiger partial charge is 0.0307 e. The fourth-order valence-electron chi connectivity index (χ4n) is 3.62. The van der Waals surface area contributed by atoms with Crippen molar-refractivity contribution in [1.29, 1.82) is 0 Å². The molecule has 0 amide bonds. The molecular weight excluding hydrogens is 206 g/mol. The summed E-state index contributed by atoms with van der Waals surface area (Å²) in [7, 11) is 0. The highest BCUT2D eigenvalue weighted by Crippen LogP contribution is 2.32. The van der Waals surface area contributed by atoms with Crippen LogP contribution in [0.4, 0.5) is 0 Å². The normalized spacial score (nSPS) is 25.1. The predicted octanol–water partition coefficient (Wildman–Crippen LogP) is 4.44. The van der Waals surface area contributed by atoms with Crippen molar-refractivity contribution in [2.45, 2.75) is 77.2 Å². The third-order valence-electron chi connectivity index (χ3n) is 4.52. The van der Waals surface area contributed by atoms with Crippen molar-refractivity contribution < 1.29 is 0 Å². The van der Waals surface area contributed by atoms with Gasteiger partial charge in [0, 0.05) is 6.04 Å². The Labute approximate surface area is 107 Å². The molecule has 2 aliphatic rings. The Hall–Kier alpha value is -0.300. The maximum absolute atomic E-state index is 3.77. The first-order valence-electron chi connectivity index (χ1n) is 7.84. The van der Waals surface area contributed by atoms with E-state index in [9.17, 15) is 0 Å². The molecule has 0 heterocycles. The zero-order valence-corrected chi connectivity index (χ0v) is 11.5. The minimum Gasteiger partial charge on any atom is -0.310 e. The number of nitrogens with one attached hydrogen (secondary N) is 1. The molecule has 0 spiro atoms. The predicted molar refractivity (Wildman–Crippen MR) is 75.2 cm³/mol. The Morgan fingerprint density at radius 2 is 1.82 bits per heavy atom. The van der Waals surface area contributed by atoms with Crippen LogP contribution in [0, 0.1) is 5.92 Å². The number of likely N-dealkylation sites (N-methyl/N-ethyl adjacent to an activating group) is 1. The molecule has 0 aromatic rings. The van der Waals surface area contributed by atoms with E-state index in [2.05, 4.69) is 18.3 Å². The standard InChI is InChI=1S/C16H29N/c1-2-17-16(15-12-8-9-13-15)14-10-6-4-3-5-7-11-14/h12,14,16-17H,2-11,13H2,1H3. The van der Waals surface area contributed by atoms with E-state index in [4.69, 9.17) is 0 Å². The molecule has 17 heavy (non-hydrogen) atoms. The van der Waals surface area contributed by atoms with Crippen LogP contribution in [0.15, 0.2) is 11.6 Å². The van der Waals surface area contributed by atoms with Crippen molar-refractivity contribution in [2.24, 2.45) is 5.92 Å². The summed E-state index contributed by atoms with van der Waals surface area (Å²) in [4.78, 5) is 0. The molecule has 0 radical (unpaired) electrons. The van der Waals surface area contributed by atoms with Gasteiger partial charge in [0.05, 0.1) is 0 Å². The Kier molecular flexibility index (Phi) is 5.57. The maximum atomic E-state index is 3.77. The van der Waals surface area contributed by atoms with Crippen molar-refractivity contribution in [3.63, 3.8) is 0 Å². The van der Waals surface area contributed by atoms with E-state index in [1.165, 1.54) is 64.2 Å². The summed E-state index contributed by atoms with van der Waals surface area (Å²) >= 11 is 0. The first-order valence-corrected chi connectivity index (χ1v) is 7.84. The molecule has 0 aliphatic heterocycles. The number of rotatable bonds is 4. The maximum Gasteiger partial charge on any atom is 0.0307 e. The molecule has 1 N–H and O–H groups in total. The second-order valence-corrected chi connectivity index (χ2v) is 5.81. The van der Waals surface area contributed by atoms with E-state index in [1.807, 2.05) is 0 Å². The molecule has 0 saturated heterocycles. The van der Waals surface area contributed by atoms with E-state index < -0.39 is 0 Å². The molecule has 0 aromatic carbocycles. The highest BCUT2D eigenvalue weighted by Gasteiger charge is 2.25. The number of allylic oxidation sites excluding steroid dienone is 1. The monoisotopic (exact) mass is 235 g/mol. The number of hydrogen-bond donors (Lipinski definition) is 1. The summed E-state index contributed by atoms with van der Waals surface area (Å²) in [6.07, 6.45) is 16.8. The lowest BCUT2D eigenvalue weighted by Crippen LogP contribution is -2.37. The first kappa shape index (κ1) is 13.1. The van der Waals surface area contributed by atoms with Crippen molar-refractivity contribution in [3.8, 4) is 0 Å². The summed E-state index contributed by atoms with van der Waals surface area (Å²) < 4.78 is 0. The van der Waals surface area contributed by atoms with Crippen LogP contribution < -0.4 is 5.32 Å². The Morgan fingerprint density at radius 1 is 1.12 bits per heavy atom. The molecule has 1 saturated carbocycles. The highest BCUT2D eigenvalue weighted by molar-refractivity contribution is 5.16. The van der Waals surface area contributed by atoms with Gasteiger partial charge >= 0.3 is 0 Å². The second kappa shape index (κ2) is 7.20. The van der Waals surface area contributed by atoms with Crippen LogP contribution in [0.3, 0.4) is 0 Å². The van der Waals surface area contributed by atoms with Crippen LogP contribution in [0.25, 0.3) is 0 Å². The zero-order valence-electron chi connectivity index (χ0n) is 11.5. The largest absolute Gasteiger partial charge is 0.310 e. The van der Waals surface area contributed by atoms with Gasteiger partial charge in [0.2, 0.25) is 0 Å². The molecular formula is C16H29N. The van der Waals surface area contributed by atoms with Gasteiger partial charge in [0.1, 0.15) is 0 Å². The quantitative estimate of drug-likeness (QED) is 0.711. The molecule has 98 valence electrons. The van der Waals surface area contributed by atoms with Gasteiger partial charge in [-0.1, -0.05) is 50.7 Å². The minimum atomic E-state index is 0.709. The highest BCUT2D eigenvalue weighted by atomic mass is 14.9. The van der Waals surface area contributed by atoms with Gasteiger partial charge in [0.25, 0.3) is 0 Å². The fraction of sp³-hybridized carbons (Fsp3) is 0.875. The first-order chi connectivity index (χ1) is 8.42. The van der Waals surface area contributed by atoms with E-state index in [1.54, 1.807) is 5.57 Å². The van der Waals surface area contributed by atoms with Gasteiger partial charge < -0.3 is 5.32 Å². The van der Waals surface area contributed by atoms with Crippen molar-refractivity contribution in [2.75, 3.05) is 6.54 Å². The van der Waals surface area contributed by atoms with Gasteiger partial charge in [-0.05, 0) is 44.6 Å². The van der Waals surface area contributed by atoms with Crippen molar-refractivity contribution in [1.82, 2.24) is 5.32 Å². The molecule has 2 aliphatic carbocycles. The minimum absolute atomic E-state index is 0.709. The van der Waals surface area contributed by atoms with Gasteiger partial charge in [-0.15, -0.1) is 0 Å². The second-order valence-electron chi connectivity index (χ2n) is 5.81. The SMILES string of the molecule is CCNC(C1=CCCC1)C1CCCCCCC1. The average molecular weight is 235 g/mol. The van der Waals surface area contributed by atoms with Crippen LogP contribution in [0.2, 0.25) is 0 Å². The van der Waals surface area contributed by atoms with Crippen molar-refractivity contribution in [3.05, 3.63) is 11.6 Å². The molecule has 0 bridgehead atoms. The van der Waals surface area contributed by atoms with E-state index in [-0.39, 0.29) is 0 Å². The Bertz CT molecular complexity index is 236. The summed E-state index contributed by atoms with van der Waals surface area (Å²) in [6.45, 7) is 3.38. The topological polar surface area (TPSA) is 12.0 Å². The van der Waals surface area contributed by atoms with Crippen LogP contribution in [0.1, 0.15) is 71.1 Å². The summed E-state index contributed by atoms with van der Waals surface area (Å²) in [5, 5.41) is 3.77. The van der Waals surface area contributed by atoms with Gasteiger partial charge in [0.15, 0.2) is 0 Å². The van der Waals surface area contributed by atoms with E-state index >= 15 is 0 Å². The van der Waals surface area contributed by atoms with Crippen LogP contribution in [-0.2, 0) is 0 Å². The summed E-state index contributed by atoms with van der Waals surface area (Å²) in [5.74, 6) is 0.916. The lowest BCUT2D eigenvalue weighted by atomic mass is 9.82. The summed E-state index contributed by atoms with van der Waals surface area (Å²) in [5.41, 5.74) is 1.73. The molecule has 2 rings (SSSR count). The Morgan fingerprint density at radius 3 is 2.41 bits per heavy atom. The number of hydrogen-bond acceptors (Lipinski definition) is 1.